The fraction of sp³-hybridized carbons (Fsp3) is 0.897. The van der Waals surface area contributed by atoms with Crippen molar-refractivity contribution in [2.24, 2.45) is 17.8 Å². The van der Waals surface area contributed by atoms with Gasteiger partial charge in [-0.3, -0.25) is 4.79 Å². The van der Waals surface area contributed by atoms with E-state index < -0.39 is 65.5 Å². The summed E-state index contributed by atoms with van der Waals surface area (Å²) >= 11 is 3.65. The summed E-state index contributed by atoms with van der Waals surface area (Å²) in [6.45, 7) is 13.5. The lowest BCUT2D eigenvalue weighted by Crippen LogP contribution is -2.59. The second kappa shape index (κ2) is 11.2. The average Bonchev–Trinajstić information content (AvgIpc) is 3.31. The van der Waals surface area contributed by atoms with Crippen LogP contribution in [0.5, 0.6) is 0 Å². The molecule has 9 nitrogen and oxygen atoms in total. The Labute approximate surface area is 241 Å². The van der Waals surface area contributed by atoms with Crippen molar-refractivity contribution in [3.8, 4) is 0 Å². The molecule has 0 saturated carbocycles. The number of ether oxygens (including phenoxy) is 5. The number of hydrogen-bond donors (Lipinski definition) is 2. The predicted molar refractivity (Wildman–Crippen MR) is 149 cm³/mol. The molecule has 0 aromatic heterocycles. The molecule has 10 unspecified atom stereocenters. The molecule has 3 fully saturated rings. The SMILES string of the molecule is CCC1OC(=O)C(C)C(O)C(C)[C@@H](OC2OC(C)CC(N(C)C)[C@H]2O)[C@]2(C)CC(C)C3(OC1(C)C=C3CBr)O2. The fourth-order valence-corrected chi connectivity index (χ4v) is 7.87. The molecule has 0 aliphatic carbocycles. The molecule has 3 saturated heterocycles. The van der Waals surface area contributed by atoms with Crippen molar-refractivity contribution in [2.75, 3.05) is 19.4 Å². The minimum Gasteiger partial charge on any atom is -0.459 e. The molecule has 4 aliphatic heterocycles. The van der Waals surface area contributed by atoms with Gasteiger partial charge in [-0.2, -0.15) is 0 Å². The molecular formula is C29H48BrNO8. The van der Waals surface area contributed by atoms with Crippen LogP contribution in [0.1, 0.15) is 67.7 Å². The Morgan fingerprint density at radius 3 is 2.38 bits per heavy atom. The number of likely N-dealkylation sites (N-methyl/N-ethyl adjacent to an activating group) is 1. The van der Waals surface area contributed by atoms with E-state index in [1.807, 2.05) is 59.7 Å². The predicted octanol–water partition coefficient (Wildman–Crippen LogP) is 3.39. The second-order valence-corrected chi connectivity index (χ2v) is 13.4. The summed E-state index contributed by atoms with van der Waals surface area (Å²) in [5.41, 5.74) is -0.894. The van der Waals surface area contributed by atoms with Gasteiger partial charge in [-0.25, -0.2) is 0 Å². The Hall–Kier alpha value is -0.590. The van der Waals surface area contributed by atoms with E-state index in [0.717, 1.165) is 5.57 Å². The van der Waals surface area contributed by atoms with E-state index in [0.29, 0.717) is 24.6 Å². The van der Waals surface area contributed by atoms with Gasteiger partial charge in [0.15, 0.2) is 12.1 Å². The highest BCUT2D eigenvalue weighted by Gasteiger charge is 2.65. The van der Waals surface area contributed by atoms with Crippen molar-refractivity contribution in [3.63, 3.8) is 0 Å². The van der Waals surface area contributed by atoms with Gasteiger partial charge in [0.25, 0.3) is 0 Å². The van der Waals surface area contributed by atoms with E-state index in [2.05, 4.69) is 22.9 Å². The number of carbonyl (C=O) groups is 1. The number of alkyl halides is 1. The Kier molecular flexibility index (Phi) is 9.04. The molecule has 3 bridgehead atoms. The Bertz CT molecular complexity index is 948. The summed E-state index contributed by atoms with van der Waals surface area (Å²) in [5, 5.41) is 23.3. The molecule has 4 rings (SSSR count). The number of hydrogen-bond acceptors (Lipinski definition) is 9. The molecule has 2 N–H and O–H groups in total. The largest absolute Gasteiger partial charge is 0.459 e. The first-order valence-corrected chi connectivity index (χ1v) is 15.5. The Morgan fingerprint density at radius 2 is 1.79 bits per heavy atom. The Morgan fingerprint density at radius 1 is 1.13 bits per heavy atom. The summed E-state index contributed by atoms with van der Waals surface area (Å²) in [5.74, 6) is -2.99. The smallest absolute Gasteiger partial charge is 0.311 e. The maximum atomic E-state index is 13.3. The van der Waals surface area contributed by atoms with Crippen molar-refractivity contribution < 1.29 is 38.7 Å². The van der Waals surface area contributed by atoms with E-state index in [-0.39, 0.29) is 18.1 Å². The average molecular weight is 619 g/mol. The van der Waals surface area contributed by atoms with E-state index >= 15 is 0 Å². The van der Waals surface area contributed by atoms with Gasteiger partial charge in [0.05, 0.1) is 29.8 Å². The topological polar surface area (TPSA) is 107 Å². The van der Waals surface area contributed by atoms with Crippen LogP contribution in [-0.4, -0.2) is 100 Å². The third kappa shape index (κ3) is 5.38. The normalized spacial score (nSPS) is 50.8. The van der Waals surface area contributed by atoms with Gasteiger partial charge in [-0.05, 0) is 72.7 Å². The van der Waals surface area contributed by atoms with Crippen molar-refractivity contribution in [2.45, 2.75) is 128 Å². The first-order valence-electron chi connectivity index (χ1n) is 14.3. The lowest BCUT2D eigenvalue weighted by Gasteiger charge is -2.47. The lowest BCUT2D eigenvalue weighted by molar-refractivity contribution is -0.327. The van der Waals surface area contributed by atoms with Crippen molar-refractivity contribution in [3.05, 3.63) is 11.6 Å². The van der Waals surface area contributed by atoms with Gasteiger partial charge >= 0.3 is 5.97 Å². The minimum absolute atomic E-state index is 0.0689. The summed E-state index contributed by atoms with van der Waals surface area (Å²) in [6.07, 6.45) is -0.528. The summed E-state index contributed by atoms with van der Waals surface area (Å²) in [4.78, 5) is 15.3. The van der Waals surface area contributed by atoms with Crippen LogP contribution in [0.3, 0.4) is 0 Å². The van der Waals surface area contributed by atoms with Crippen LogP contribution in [0.25, 0.3) is 0 Å². The standard InChI is InChI=1S/C29H48BrNO8/c1-10-21-27(6)13-19(14-30)29(38-27)15(2)12-28(7,39-29)24(17(4)22(32)18(5)25(34)36-21)37-26-23(33)20(31(8)9)11-16(3)35-26/h13,15-18,20-24,26,32-33H,10-12,14H2,1-9H3/t15?,16?,17?,18?,20?,21?,22?,23-,24-,26?,27?,28+,29?/m1/s1. The number of aliphatic hydroxyl groups excluding tert-OH is 2. The molecule has 0 radical (unpaired) electrons. The molecule has 4 aliphatic rings. The van der Waals surface area contributed by atoms with Gasteiger partial charge in [-0.15, -0.1) is 0 Å². The molecule has 0 amide bonds. The number of fused-ring (bicyclic) bond motifs is 2. The third-order valence-corrected chi connectivity index (χ3v) is 10.1. The first-order chi connectivity index (χ1) is 18.1. The summed E-state index contributed by atoms with van der Waals surface area (Å²) in [6, 6.07) is -0.158. The molecule has 4 heterocycles. The van der Waals surface area contributed by atoms with Gasteiger partial charge in [0, 0.05) is 23.2 Å². The van der Waals surface area contributed by atoms with Crippen LogP contribution in [0.4, 0.5) is 0 Å². The zero-order valence-corrected chi connectivity index (χ0v) is 26.4. The maximum absolute atomic E-state index is 13.3. The van der Waals surface area contributed by atoms with Crippen LogP contribution in [0.2, 0.25) is 0 Å². The minimum atomic E-state index is -1.08. The number of nitrogens with zero attached hydrogens (tertiary/aromatic N) is 1. The lowest BCUT2D eigenvalue weighted by atomic mass is 9.78. The summed E-state index contributed by atoms with van der Waals surface area (Å²) < 4.78 is 32.6. The van der Waals surface area contributed by atoms with Gasteiger partial charge in [0.1, 0.15) is 17.8 Å². The Balaban J connectivity index is 1.79. The molecule has 224 valence electrons. The zero-order valence-electron chi connectivity index (χ0n) is 24.8. The second-order valence-electron chi connectivity index (χ2n) is 12.9. The van der Waals surface area contributed by atoms with Gasteiger partial charge < -0.3 is 38.8 Å². The van der Waals surface area contributed by atoms with Crippen LogP contribution in [0.15, 0.2) is 11.6 Å². The van der Waals surface area contributed by atoms with Crippen LogP contribution >= 0.6 is 15.9 Å². The van der Waals surface area contributed by atoms with E-state index in [9.17, 15) is 15.0 Å². The highest BCUT2D eigenvalue weighted by atomic mass is 79.9. The molecule has 10 heteroatoms. The monoisotopic (exact) mass is 617 g/mol. The number of halogens is 1. The quantitative estimate of drug-likeness (QED) is 0.273. The van der Waals surface area contributed by atoms with Crippen LogP contribution in [0, 0.1) is 17.8 Å². The molecule has 39 heavy (non-hydrogen) atoms. The highest BCUT2D eigenvalue weighted by molar-refractivity contribution is 9.09. The van der Waals surface area contributed by atoms with E-state index in [4.69, 9.17) is 23.7 Å². The third-order valence-electron chi connectivity index (χ3n) is 9.50. The number of aliphatic hydroxyl groups is 2. The van der Waals surface area contributed by atoms with E-state index in [1.165, 1.54) is 0 Å². The molecule has 13 atom stereocenters. The zero-order chi connectivity index (χ0) is 29.1. The van der Waals surface area contributed by atoms with Crippen molar-refractivity contribution >= 4 is 21.9 Å². The van der Waals surface area contributed by atoms with E-state index in [1.54, 1.807) is 6.92 Å². The van der Waals surface area contributed by atoms with Crippen molar-refractivity contribution in [1.29, 1.82) is 0 Å². The van der Waals surface area contributed by atoms with Gasteiger partial charge in [0.2, 0.25) is 0 Å². The molecule has 0 aromatic rings. The number of esters is 1. The fourth-order valence-electron chi connectivity index (χ4n) is 7.32. The molecule has 0 aromatic carbocycles. The highest BCUT2D eigenvalue weighted by Crippen LogP contribution is 2.56. The van der Waals surface area contributed by atoms with Gasteiger partial charge in [-0.1, -0.05) is 36.7 Å². The number of rotatable bonds is 5. The first kappa shape index (κ1) is 31.3. The summed E-state index contributed by atoms with van der Waals surface area (Å²) in [7, 11) is 3.86. The van der Waals surface area contributed by atoms with Crippen LogP contribution < -0.4 is 0 Å². The van der Waals surface area contributed by atoms with Crippen molar-refractivity contribution in [1.82, 2.24) is 4.90 Å². The van der Waals surface area contributed by atoms with Crippen LogP contribution in [-0.2, 0) is 28.5 Å². The number of cyclic esters (lactones) is 1. The molecular weight excluding hydrogens is 570 g/mol. The molecule has 1 spiro atoms. The maximum Gasteiger partial charge on any atom is 0.311 e. The number of carbonyl (C=O) groups excluding carboxylic acids is 1.